The normalized spacial score (nSPS) is 10.6. The summed E-state index contributed by atoms with van der Waals surface area (Å²) in [5, 5.41) is 12.7. The fourth-order valence-electron chi connectivity index (χ4n) is 2.43. The predicted molar refractivity (Wildman–Crippen MR) is 92.3 cm³/mol. The van der Waals surface area contributed by atoms with Gasteiger partial charge in [0.2, 0.25) is 0 Å². The first kappa shape index (κ1) is 15.9. The van der Waals surface area contributed by atoms with Crippen LogP contribution in [0.4, 0.5) is 5.69 Å². The second-order valence-electron chi connectivity index (χ2n) is 5.03. The number of hydrogen-bond donors (Lipinski definition) is 2. The van der Waals surface area contributed by atoms with Crippen molar-refractivity contribution in [2.45, 2.75) is 6.92 Å². The van der Waals surface area contributed by atoms with Crippen molar-refractivity contribution in [1.82, 2.24) is 4.98 Å². The van der Waals surface area contributed by atoms with Crippen molar-refractivity contribution >= 4 is 39.1 Å². The van der Waals surface area contributed by atoms with Gasteiger partial charge in [0.15, 0.2) is 0 Å². The number of fused-ring (bicyclic) bond motifs is 1. The Hall–Kier alpha value is -2.93. The van der Waals surface area contributed by atoms with E-state index in [0.29, 0.717) is 21.5 Å². The molecule has 0 aliphatic carbocycles. The maximum Gasteiger partial charge on any atom is 0.337 e. The van der Waals surface area contributed by atoms with E-state index in [1.807, 2.05) is 6.92 Å². The number of para-hydroxylation sites is 1. The summed E-state index contributed by atoms with van der Waals surface area (Å²) in [5.41, 5.74) is 1.31. The molecule has 0 fully saturated rings. The zero-order chi connectivity index (χ0) is 17.3. The molecule has 3 aromatic rings. The number of benzene rings is 2. The Morgan fingerprint density at radius 3 is 2.67 bits per heavy atom. The van der Waals surface area contributed by atoms with Crippen molar-refractivity contribution in [1.29, 1.82) is 0 Å². The van der Waals surface area contributed by atoms with Gasteiger partial charge < -0.3 is 15.2 Å². The van der Waals surface area contributed by atoms with E-state index in [1.165, 1.54) is 24.5 Å². The molecule has 2 aromatic carbocycles. The van der Waals surface area contributed by atoms with E-state index in [9.17, 15) is 14.7 Å². The Labute approximate surface area is 141 Å². The van der Waals surface area contributed by atoms with Crippen molar-refractivity contribution in [3.63, 3.8) is 0 Å². The lowest BCUT2D eigenvalue weighted by atomic mass is 10.1. The number of hydrogen-bond acceptors (Lipinski definition) is 5. The highest BCUT2D eigenvalue weighted by Crippen LogP contribution is 2.33. The van der Waals surface area contributed by atoms with E-state index in [2.05, 4.69) is 10.3 Å². The third-order valence-electron chi connectivity index (χ3n) is 3.48. The lowest BCUT2D eigenvalue weighted by Crippen LogP contribution is -2.16. The Balaban J connectivity index is 2.08. The van der Waals surface area contributed by atoms with E-state index >= 15 is 0 Å². The molecule has 0 unspecified atom stereocenters. The quantitative estimate of drug-likeness (QED) is 0.757. The molecule has 6 nitrogen and oxygen atoms in total. The average molecular weight is 342 g/mol. The van der Waals surface area contributed by atoms with Crippen LogP contribution in [0, 0.1) is 6.92 Å². The molecule has 1 amide bonds. The number of aromatic carboxylic acids is 1. The number of aromatic nitrogens is 1. The molecule has 0 aliphatic heterocycles. The van der Waals surface area contributed by atoms with Gasteiger partial charge in [-0.1, -0.05) is 12.1 Å². The lowest BCUT2D eigenvalue weighted by Gasteiger charge is -2.11. The highest BCUT2D eigenvalue weighted by molar-refractivity contribution is 7.19. The number of amides is 1. The van der Waals surface area contributed by atoms with Gasteiger partial charge in [-0.25, -0.2) is 9.78 Å². The molecule has 24 heavy (non-hydrogen) atoms. The van der Waals surface area contributed by atoms with Gasteiger partial charge in [-0.05, 0) is 31.2 Å². The highest BCUT2D eigenvalue weighted by Gasteiger charge is 2.21. The van der Waals surface area contributed by atoms with Crippen LogP contribution in [0.15, 0.2) is 36.4 Å². The number of carbonyl (C=O) groups excluding carboxylic acids is 1. The summed E-state index contributed by atoms with van der Waals surface area (Å²) >= 11 is 1.39. The monoisotopic (exact) mass is 342 g/mol. The summed E-state index contributed by atoms with van der Waals surface area (Å²) < 4.78 is 6.01. The molecule has 7 heteroatoms. The van der Waals surface area contributed by atoms with E-state index in [4.69, 9.17) is 4.74 Å². The molecular formula is C17H14N2O4S. The first-order valence-electron chi connectivity index (χ1n) is 7.09. The standard InChI is InChI=1S/C17H14N2O4S/c1-9-18-12-7-8-13(23-2)14(15(12)24-9)16(20)19-11-6-4-3-5-10(11)17(21)22/h3-8H,1-2H3,(H,19,20)(H,21,22). The molecule has 0 spiro atoms. The summed E-state index contributed by atoms with van der Waals surface area (Å²) in [6, 6.07) is 9.72. The summed E-state index contributed by atoms with van der Waals surface area (Å²) in [6.45, 7) is 1.86. The van der Waals surface area contributed by atoms with Gasteiger partial charge in [-0.2, -0.15) is 0 Å². The number of carbonyl (C=O) groups is 2. The van der Waals surface area contributed by atoms with E-state index in [1.54, 1.807) is 30.3 Å². The molecule has 0 bridgehead atoms. The average Bonchev–Trinajstić information content (AvgIpc) is 2.94. The fraction of sp³-hybridized carbons (Fsp3) is 0.118. The van der Waals surface area contributed by atoms with Crippen molar-refractivity contribution < 1.29 is 19.4 Å². The number of methoxy groups -OCH3 is 1. The van der Waals surface area contributed by atoms with Gasteiger partial charge in [0.25, 0.3) is 5.91 Å². The third kappa shape index (κ3) is 2.81. The van der Waals surface area contributed by atoms with Crippen molar-refractivity contribution in [3.8, 4) is 5.75 Å². The van der Waals surface area contributed by atoms with Crippen LogP contribution in [0.25, 0.3) is 10.2 Å². The minimum Gasteiger partial charge on any atom is -0.496 e. The SMILES string of the molecule is COc1ccc2nc(C)sc2c1C(=O)Nc1ccccc1C(=O)O. The molecule has 3 rings (SSSR count). The largest absolute Gasteiger partial charge is 0.496 e. The smallest absolute Gasteiger partial charge is 0.337 e. The number of carboxylic acids is 1. The minimum atomic E-state index is -1.11. The maximum absolute atomic E-state index is 12.8. The van der Waals surface area contributed by atoms with Crippen LogP contribution in [0.1, 0.15) is 25.7 Å². The molecule has 0 saturated heterocycles. The van der Waals surface area contributed by atoms with Gasteiger partial charge in [0, 0.05) is 0 Å². The maximum atomic E-state index is 12.8. The Bertz CT molecular complexity index is 949. The molecule has 2 N–H and O–H groups in total. The van der Waals surface area contributed by atoms with Crippen LogP contribution in [0.2, 0.25) is 0 Å². The van der Waals surface area contributed by atoms with Crippen LogP contribution in [-0.2, 0) is 0 Å². The summed E-state index contributed by atoms with van der Waals surface area (Å²) in [4.78, 5) is 28.5. The summed E-state index contributed by atoms with van der Waals surface area (Å²) in [5.74, 6) is -1.13. The first-order chi connectivity index (χ1) is 11.5. The van der Waals surface area contributed by atoms with Crippen LogP contribution in [0.3, 0.4) is 0 Å². The van der Waals surface area contributed by atoms with Gasteiger partial charge in [0.1, 0.15) is 11.3 Å². The molecule has 1 aromatic heterocycles. The van der Waals surface area contributed by atoms with E-state index < -0.39 is 11.9 Å². The number of aryl methyl sites for hydroxylation is 1. The Morgan fingerprint density at radius 2 is 1.96 bits per heavy atom. The zero-order valence-electron chi connectivity index (χ0n) is 13.0. The van der Waals surface area contributed by atoms with Crippen LogP contribution in [0.5, 0.6) is 5.75 Å². The predicted octanol–water partition coefficient (Wildman–Crippen LogP) is 3.56. The van der Waals surface area contributed by atoms with Crippen molar-refractivity contribution in [3.05, 3.63) is 52.5 Å². The van der Waals surface area contributed by atoms with E-state index in [-0.39, 0.29) is 11.3 Å². The summed E-state index contributed by atoms with van der Waals surface area (Å²) in [7, 11) is 1.48. The number of thiazole rings is 1. The molecule has 0 aliphatic rings. The highest BCUT2D eigenvalue weighted by atomic mass is 32.1. The van der Waals surface area contributed by atoms with Crippen LogP contribution < -0.4 is 10.1 Å². The van der Waals surface area contributed by atoms with Crippen LogP contribution >= 0.6 is 11.3 Å². The van der Waals surface area contributed by atoms with Crippen molar-refractivity contribution in [2.24, 2.45) is 0 Å². The molecule has 0 atom stereocenters. The Kier molecular flexibility index (Phi) is 4.18. The lowest BCUT2D eigenvalue weighted by molar-refractivity contribution is 0.0698. The topological polar surface area (TPSA) is 88.5 Å². The minimum absolute atomic E-state index is 0.0254. The molecule has 1 heterocycles. The molecule has 0 saturated carbocycles. The van der Waals surface area contributed by atoms with Gasteiger partial charge >= 0.3 is 5.97 Å². The number of rotatable bonds is 4. The number of nitrogens with zero attached hydrogens (tertiary/aromatic N) is 1. The first-order valence-corrected chi connectivity index (χ1v) is 7.90. The number of carboxylic acid groups (broad SMARTS) is 1. The third-order valence-corrected chi connectivity index (χ3v) is 4.48. The Morgan fingerprint density at radius 1 is 1.21 bits per heavy atom. The van der Waals surface area contributed by atoms with Gasteiger partial charge in [0.05, 0.1) is 33.6 Å². The number of nitrogens with one attached hydrogen (secondary N) is 1. The van der Waals surface area contributed by atoms with Crippen LogP contribution in [-0.4, -0.2) is 29.1 Å². The zero-order valence-corrected chi connectivity index (χ0v) is 13.8. The van der Waals surface area contributed by atoms with Crippen molar-refractivity contribution in [2.75, 3.05) is 12.4 Å². The van der Waals surface area contributed by atoms with Gasteiger partial charge in [-0.15, -0.1) is 11.3 Å². The molecule has 0 radical (unpaired) electrons. The molecule has 122 valence electrons. The number of anilines is 1. The van der Waals surface area contributed by atoms with E-state index in [0.717, 1.165) is 5.01 Å². The summed E-state index contributed by atoms with van der Waals surface area (Å²) in [6.07, 6.45) is 0. The molecular weight excluding hydrogens is 328 g/mol. The second-order valence-corrected chi connectivity index (χ2v) is 6.23. The van der Waals surface area contributed by atoms with Gasteiger partial charge in [-0.3, -0.25) is 4.79 Å². The number of ether oxygens (including phenoxy) is 1. The second kappa shape index (κ2) is 6.29. The fourth-order valence-corrected chi connectivity index (χ4v) is 3.39.